The topological polar surface area (TPSA) is 83.6 Å². The van der Waals surface area contributed by atoms with Gasteiger partial charge < -0.3 is 15.4 Å². The third-order valence-electron chi connectivity index (χ3n) is 1.38. The molecule has 4 nitrogen and oxygen atoms in total. The van der Waals surface area contributed by atoms with Crippen LogP contribution in [0.25, 0.3) is 0 Å². The lowest BCUT2D eigenvalue weighted by atomic mass is 10.2. The molecule has 0 bridgehead atoms. The number of aromatic hydroxyl groups is 1. The Morgan fingerprint density at radius 3 is 2.67 bits per heavy atom. The molecule has 1 aromatic carbocycles. The Balaban J connectivity index is 2.89. The Morgan fingerprint density at radius 1 is 1.50 bits per heavy atom. The number of phenolic OH excluding ortho intramolecular Hbond substituents is 1. The first-order valence-electron chi connectivity index (χ1n) is 3.24. The Hall–Kier alpha value is -1.07. The number of anilines is 1. The Morgan fingerprint density at radius 2 is 2.17 bits per heavy atom. The zero-order valence-electron chi connectivity index (χ0n) is 6.23. The summed E-state index contributed by atoms with van der Waals surface area (Å²) in [7, 11) is 0. The van der Waals surface area contributed by atoms with Crippen molar-refractivity contribution in [3.8, 4) is 5.75 Å². The minimum Gasteiger partial charge on any atom is -0.506 e. The SMILES string of the molecule is Nc1cc(CS(=O)O)ccc1O. The van der Waals surface area contributed by atoms with E-state index >= 15 is 0 Å². The van der Waals surface area contributed by atoms with Crippen LogP contribution in [0.1, 0.15) is 5.56 Å². The fraction of sp³-hybridized carbons (Fsp3) is 0.143. The van der Waals surface area contributed by atoms with Crippen LogP contribution in [-0.2, 0) is 16.8 Å². The van der Waals surface area contributed by atoms with E-state index in [1.54, 1.807) is 6.07 Å². The van der Waals surface area contributed by atoms with Crippen LogP contribution in [0.5, 0.6) is 5.75 Å². The first-order chi connectivity index (χ1) is 5.59. The van der Waals surface area contributed by atoms with Gasteiger partial charge in [0.2, 0.25) is 0 Å². The smallest absolute Gasteiger partial charge is 0.157 e. The standard InChI is InChI=1S/C7H9NO3S/c8-6-3-5(4-12(10)11)1-2-7(6)9/h1-3,9H,4,8H2,(H,10,11). The van der Waals surface area contributed by atoms with E-state index in [-0.39, 0.29) is 17.2 Å². The van der Waals surface area contributed by atoms with Crippen molar-refractivity contribution in [2.45, 2.75) is 5.75 Å². The second-order valence-corrected chi connectivity index (χ2v) is 3.29. The molecule has 1 atom stereocenters. The molecule has 5 heteroatoms. The van der Waals surface area contributed by atoms with Crippen molar-refractivity contribution in [3.63, 3.8) is 0 Å². The highest BCUT2D eigenvalue weighted by Gasteiger charge is 2.01. The van der Waals surface area contributed by atoms with Gasteiger partial charge in [-0.2, -0.15) is 0 Å². The van der Waals surface area contributed by atoms with Crippen molar-refractivity contribution in [1.29, 1.82) is 0 Å². The van der Waals surface area contributed by atoms with Crippen LogP contribution in [0.3, 0.4) is 0 Å². The summed E-state index contributed by atoms with van der Waals surface area (Å²) in [4.78, 5) is 0. The summed E-state index contributed by atoms with van der Waals surface area (Å²) in [5.74, 6) is 0.0206. The summed E-state index contributed by atoms with van der Waals surface area (Å²) in [5, 5.41) is 9.01. The molecule has 0 saturated heterocycles. The molecule has 0 aliphatic rings. The Labute approximate surface area is 72.3 Å². The average molecular weight is 187 g/mol. The number of phenols is 1. The summed E-state index contributed by atoms with van der Waals surface area (Å²) >= 11 is -1.87. The summed E-state index contributed by atoms with van der Waals surface area (Å²) in [5.41, 5.74) is 6.22. The van der Waals surface area contributed by atoms with Gasteiger partial charge in [0.25, 0.3) is 0 Å². The van der Waals surface area contributed by atoms with Gasteiger partial charge in [-0.05, 0) is 17.7 Å². The maximum Gasteiger partial charge on any atom is 0.157 e. The van der Waals surface area contributed by atoms with Crippen LogP contribution in [0.4, 0.5) is 5.69 Å². The third kappa shape index (κ3) is 2.21. The van der Waals surface area contributed by atoms with Crippen LogP contribution < -0.4 is 5.73 Å². The zero-order chi connectivity index (χ0) is 9.14. The monoisotopic (exact) mass is 187 g/mol. The zero-order valence-corrected chi connectivity index (χ0v) is 7.04. The van der Waals surface area contributed by atoms with Gasteiger partial charge >= 0.3 is 0 Å². The van der Waals surface area contributed by atoms with Crippen LogP contribution in [0.2, 0.25) is 0 Å². The molecule has 0 spiro atoms. The maximum atomic E-state index is 10.4. The Bertz CT molecular complexity index is 314. The van der Waals surface area contributed by atoms with Crippen molar-refractivity contribution < 1.29 is 13.9 Å². The molecule has 1 unspecified atom stereocenters. The summed E-state index contributed by atoms with van der Waals surface area (Å²) in [6.07, 6.45) is 0. The van der Waals surface area contributed by atoms with E-state index in [1.165, 1.54) is 12.1 Å². The lowest BCUT2D eigenvalue weighted by Gasteiger charge is -2.01. The van der Waals surface area contributed by atoms with Gasteiger partial charge in [-0.3, -0.25) is 0 Å². The summed E-state index contributed by atoms with van der Waals surface area (Å²) in [6.45, 7) is 0. The molecule has 1 aromatic rings. The molecule has 1 rings (SSSR count). The average Bonchev–Trinajstić information content (AvgIpc) is 1.96. The van der Waals surface area contributed by atoms with Crippen molar-refractivity contribution in [1.82, 2.24) is 0 Å². The number of nitrogens with two attached hydrogens (primary N) is 1. The first kappa shape index (κ1) is 9.02. The minimum absolute atomic E-state index is 0.0116. The molecule has 0 amide bonds. The van der Waals surface area contributed by atoms with Crippen LogP contribution in [-0.4, -0.2) is 13.9 Å². The van der Waals surface area contributed by atoms with Crippen molar-refractivity contribution in [2.75, 3.05) is 5.73 Å². The molecule has 0 heterocycles. The highest BCUT2D eigenvalue weighted by atomic mass is 32.2. The summed E-state index contributed by atoms with van der Waals surface area (Å²) in [6, 6.07) is 4.43. The molecule has 0 aliphatic heterocycles. The van der Waals surface area contributed by atoms with Crippen molar-refractivity contribution in [2.24, 2.45) is 0 Å². The number of nitrogen functional groups attached to an aromatic ring is 1. The van der Waals surface area contributed by atoms with Gasteiger partial charge in [0.15, 0.2) is 11.1 Å². The van der Waals surface area contributed by atoms with E-state index in [2.05, 4.69) is 0 Å². The predicted octanol–water partition coefficient (Wildman–Crippen LogP) is 0.696. The van der Waals surface area contributed by atoms with Gasteiger partial charge in [-0.25, -0.2) is 4.21 Å². The van der Waals surface area contributed by atoms with E-state index in [4.69, 9.17) is 15.4 Å². The first-order valence-corrected chi connectivity index (χ1v) is 4.52. The quantitative estimate of drug-likeness (QED) is 0.361. The highest BCUT2D eigenvalue weighted by molar-refractivity contribution is 7.78. The van der Waals surface area contributed by atoms with Crippen molar-refractivity contribution in [3.05, 3.63) is 23.8 Å². The second kappa shape index (κ2) is 3.55. The predicted molar refractivity (Wildman–Crippen MR) is 47.0 cm³/mol. The molecule has 0 saturated carbocycles. The largest absolute Gasteiger partial charge is 0.506 e. The van der Waals surface area contributed by atoms with Crippen LogP contribution in [0, 0.1) is 0 Å². The molecular formula is C7H9NO3S. The fourth-order valence-corrected chi connectivity index (χ4v) is 1.30. The molecular weight excluding hydrogens is 178 g/mol. The lowest BCUT2D eigenvalue weighted by molar-refractivity contribution is 0.478. The van der Waals surface area contributed by atoms with E-state index in [0.29, 0.717) is 5.56 Å². The van der Waals surface area contributed by atoms with E-state index in [1.807, 2.05) is 0 Å². The minimum atomic E-state index is -1.87. The molecule has 0 fully saturated rings. The van der Waals surface area contributed by atoms with Gasteiger partial charge in [0, 0.05) is 0 Å². The third-order valence-corrected chi connectivity index (χ3v) is 1.96. The summed E-state index contributed by atoms with van der Waals surface area (Å²) < 4.78 is 18.9. The molecule has 0 aliphatic carbocycles. The molecule has 12 heavy (non-hydrogen) atoms. The van der Waals surface area contributed by atoms with Gasteiger partial charge in [0.1, 0.15) is 5.75 Å². The highest BCUT2D eigenvalue weighted by Crippen LogP contribution is 2.20. The molecule has 4 N–H and O–H groups in total. The molecule has 0 aromatic heterocycles. The van der Waals surface area contributed by atoms with Gasteiger partial charge in [-0.1, -0.05) is 6.07 Å². The lowest BCUT2D eigenvalue weighted by Crippen LogP contribution is -1.94. The number of benzene rings is 1. The normalized spacial score (nSPS) is 12.8. The number of rotatable bonds is 2. The molecule has 66 valence electrons. The van der Waals surface area contributed by atoms with Crippen molar-refractivity contribution >= 4 is 16.8 Å². The van der Waals surface area contributed by atoms with E-state index < -0.39 is 11.1 Å². The number of hydrogen-bond donors (Lipinski definition) is 3. The van der Waals surface area contributed by atoms with E-state index in [9.17, 15) is 4.21 Å². The van der Waals surface area contributed by atoms with Crippen LogP contribution in [0.15, 0.2) is 18.2 Å². The van der Waals surface area contributed by atoms with Gasteiger partial charge in [0.05, 0.1) is 11.4 Å². The van der Waals surface area contributed by atoms with E-state index in [0.717, 1.165) is 0 Å². The maximum absolute atomic E-state index is 10.4. The fourth-order valence-electron chi connectivity index (χ4n) is 0.836. The second-order valence-electron chi connectivity index (χ2n) is 2.36. The van der Waals surface area contributed by atoms with Crippen LogP contribution >= 0.6 is 0 Å². The number of hydrogen-bond acceptors (Lipinski definition) is 3. The van der Waals surface area contributed by atoms with Gasteiger partial charge in [-0.15, -0.1) is 0 Å². The molecule has 0 radical (unpaired) electrons. The Kier molecular flexibility index (Phi) is 2.67.